The van der Waals surface area contributed by atoms with Crippen molar-refractivity contribution in [2.75, 3.05) is 5.32 Å². The highest BCUT2D eigenvalue weighted by Crippen LogP contribution is 2.21. The molecule has 2 N–H and O–H groups in total. The lowest BCUT2D eigenvalue weighted by atomic mass is 10.2. The van der Waals surface area contributed by atoms with E-state index in [0.29, 0.717) is 23.2 Å². The number of oxazole rings is 1. The van der Waals surface area contributed by atoms with Crippen molar-refractivity contribution in [3.8, 4) is 0 Å². The Balaban J connectivity index is 2.29. The fraction of sp³-hybridized carbons (Fsp3) is 0.385. The van der Waals surface area contributed by atoms with E-state index in [-0.39, 0.29) is 5.56 Å². The number of benzene rings is 1. The first-order valence-corrected chi connectivity index (χ1v) is 6.04. The predicted octanol–water partition coefficient (Wildman–Crippen LogP) is 3.13. The molecule has 1 aromatic heterocycles. The van der Waals surface area contributed by atoms with Gasteiger partial charge < -0.3 is 14.8 Å². The second-order valence-corrected chi connectivity index (χ2v) is 4.16. The van der Waals surface area contributed by atoms with Crippen LogP contribution < -0.4 is 5.32 Å². The van der Waals surface area contributed by atoms with Crippen molar-refractivity contribution < 1.29 is 14.3 Å². The Morgan fingerprint density at radius 1 is 1.44 bits per heavy atom. The van der Waals surface area contributed by atoms with Gasteiger partial charge in [-0.15, -0.1) is 0 Å². The first-order chi connectivity index (χ1) is 8.63. The number of carboxylic acids is 1. The Labute approximate surface area is 105 Å². The third-order valence-electron chi connectivity index (χ3n) is 2.95. The number of aromatic nitrogens is 1. The second-order valence-electron chi connectivity index (χ2n) is 4.16. The molecular formula is C13H16N2O3. The van der Waals surface area contributed by atoms with Crippen LogP contribution in [0.4, 0.5) is 6.01 Å². The normalized spacial score (nSPS) is 11.1. The maximum absolute atomic E-state index is 10.8. The van der Waals surface area contributed by atoms with Crippen molar-refractivity contribution in [2.45, 2.75) is 32.7 Å². The summed E-state index contributed by atoms with van der Waals surface area (Å²) in [6.07, 6.45) is 1.96. The first-order valence-electron chi connectivity index (χ1n) is 6.04. The minimum atomic E-state index is -0.970. The number of carbonyl (C=O) groups is 1. The Bertz CT molecular complexity index is 558. The molecule has 0 amide bonds. The Hall–Kier alpha value is -2.04. The van der Waals surface area contributed by atoms with E-state index in [1.807, 2.05) is 0 Å². The van der Waals surface area contributed by atoms with Gasteiger partial charge in [0.1, 0.15) is 5.52 Å². The molecule has 0 fully saturated rings. The summed E-state index contributed by atoms with van der Waals surface area (Å²) in [5.74, 6) is -0.970. The number of nitrogens with one attached hydrogen (secondary N) is 1. The minimum absolute atomic E-state index is 0.202. The third kappa shape index (κ3) is 2.45. The van der Waals surface area contributed by atoms with Crippen LogP contribution in [0.2, 0.25) is 0 Å². The van der Waals surface area contributed by atoms with Crippen molar-refractivity contribution in [1.29, 1.82) is 0 Å². The highest BCUT2D eigenvalue weighted by atomic mass is 16.4. The monoisotopic (exact) mass is 248 g/mol. The molecule has 0 aliphatic rings. The number of aromatic carboxylic acids is 1. The standard InChI is InChI=1S/C13H16N2O3/c1-3-9(4-2)14-13-15-10-6-5-8(12(16)17)7-11(10)18-13/h5-7,9H,3-4H2,1-2H3,(H,14,15)(H,16,17). The van der Waals surface area contributed by atoms with Gasteiger partial charge in [0.2, 0.25) is 0 Å². The highest BCUT2D eigenvalue weighted by molar-refractivity contribution is 5.92. The highest BCUT2D eigenvalue weighted by Gasteiger charge is 2.11. The van der Waals surface area contributed by atoms with Crippen LogP contribution in [0.15, 0.2) is 22.6 Å². The van der Waals surface area contributed by atoms with E-state index in [4.69, 9.17) is 9.52 Å². The van der Waals surface area contributed by atoms with Gasteiger partial charge in [-0.25, -0.2) is 4.79 Å². The minimum Gasteiger partial charge on any atom is -0.478 e. The average molecular weight is 248 g/mol. The second kappa shape index (κ2) is 5.08. The number of rotatable bonds is 5. The van der Waals surface area contributed by atoms with Gasteiger partial charge in [0.25, 0.3) is 6.01 Å². The van der Waals surface area contributed by atoms with Gasteiger partial charge in [0, 0.05) is 6.04 Å². The summed E-state index contributed by atoms with van der Waals surface area (Å²) >= 11 is 0. The van der Waals surface area contributed by atoms with E-state index < -0.39 is 5.97 Å². The van der Waals surface area contributed by atoms with Gasteiger partial charge in [-0.3, -0.25) is 0 Å². The van der Waals surface area contributed by atoms with Crippen LogP contribution in [0, 0.1) is 0 Å². The summed E-state index contributed by atoms with van der Waals surface area (Å²) in [5, 5.41) is 12.1. The van der Waals surface area contributed by atoms with Crippen LogP contribution in [-0.4, -0.2) is 22.1 Å². The summed E-state index contributed by atoms with van der Waals surface area (Å²) in [4.78, 5) is 15.1. The van der Waals surface area contributed by atoms with Crippen molar-refractivity contribution in [2.24, 2.45) is 0 Å². The molecule has 1 aromatic carbocycles. The molecule has 18 heavy (non-hydrogen) atoms. The third-order valence-corrected chi connectivity index (χ3v) is 2.95. The largest absolute Gasteiger partial charge is 0.478 e. The molecule has 0 aliphatic carbocycles. The Morgan fingerprint density at radius 2 is 2.17 bits per heavy atom. The van der Waals surface area contributed by atoms with E-state index >= 15 is 0 Å². The predicted molar refractivity (Wildman–Crippen MR) is 69.0 cm³/mol. The lowest BCUT2D eigenvalue weighted by Gasteiger charge is -2.11. The van der Waals surface area contributed by atoms with Gasteiger partial charge in [0.15, 0.2) is 5.58 Å². The molecule has 2 rings (SSSR count). The van der Waals surface area contributed by atoms with E-state index in [1.165, 1.54) is 12.1 Å². The molecule has 96 valence electrons. The van der Waals surface area contributed by atoms with Crippen molar-refractivity contribution in [3.63, 3.8) is 0 Å². The SMILES string of the molecule is CCC(CC)Nc1nc2ccc(C(=O)O)cc2o1. The first kappa shape index (κ1) is 12.4. The van der Waals surface area contributed by atoms with Gasteiger partial charge in [-0.1, -0.05) is 13.8 Å². The summed E-state index contributed by atoms with van der Waals surface area (Å²) in [5.41, 5.74) is 1.35. The van der Waals surface area contributed by atoms with Gasteiger partial charge in [0.05, 0.1) is 5.56 Å². The van der Waals surface area contributed by atoms with Crippen LogP contribution in [0.3, 0.4) is 0 Å². The topological polar surface area (TPSA) is 75.4 Å². The molecule has 0 spiro atoms. The molecule has 2 aromatic rings. The number of carboxylic acid groups (broad SMARTS) is 1. The van der Waals surface area contributed by atoms with Gasteiger partial charge in [-0.2, -0.15) is 4.98 Å². The summed E-state index contributed by atoms with van der Waals surface area (Å²) < 4.78 is 5.51. The Kier molecular flexibility index (Phi) is 3.50. The maximum atomic E-state index is 10.8. The van der Waals surface area contributed by atoms with E-state index in [1.54, 1.807) is 6.07 Å². The van der Waals surface area contributed by atoms with E-state index in [9.17, 15) is 4.79 Å². The number of hydrogen-bond acceptors (Lipinski definition) is 4. The molecule has 0 unspecified atom stereocenters. The lowest BCUT2D eigenvalue weighted by molar-refractivity contribution is 0.0697. The smallest absolute Gasteiger partial charge is 0.335 e. The quantitative estimate of drug-likeness (QED) is 0.850. The summed E-state index contributed by atoms with van der Waals surface area (Å²) in [7, 11) is 0. The molecule has 0 atom stereocenters. The number of anilines is 1. The van der Waals surface area contributed by atoms with Crippen molar-refractivity contribution in [3.05, 3.63) is 23.8 Å². The molecule has 0 radical (unpaired) electrons. The molecule has 0 bridgehead atoms. The van der Waals surface area contributed by atoms with Crippen molar-refractivity contribution in [1.82, 2.24) is 4.98 Å². The van der Waals surface area contributed by atoms with E-state index in [0.717, 1.165) is 12.8 Å². The molecule has 5 nitrogen and oxygen atoms in total. The molecule has 0 saturated carbocycles. The lowest BCUT2D eigenvalue weighted by Crippen LogP contribution is -2.16. The average Bonchev–Trinajstić information content (AvgIpc) is 2.76. The number of nitrogens with zero attached hydrogens (tertiary/aromatic N) is 1. The summed E-state index contributed by atoms with van der Waals surface area (Å²) in [6.45, 7) is 4.18. The Morgan fingerprint density at radius 3 is 2.78 bits per heavy atom. The van der Waals surface area contributed by atoms with Crippen LogP contribution in [0.25, 0.3) is 11.1 Å². The zero-order valence-electron chi connectivity index (χ0n) is 10.4. The molecule has 1 heterocycles. The maximum Gasteiger partial charge on any atom is 0.335 e. The molecule has 5 heteroatoms. The van der Waals surface area contributed by atoms with Crippen LogP contribution in [0.1, 0.15) is 37.0 Å². The molecular weight excluding hydrogens is 232 g/mol. The molecule has 0 aliphatic heterocycles. The van der Waals surface area contributed by atoms with Crippen LogP contribution in [0.5, 0.6) is 0 Å². The number of hydrogen-bond donors (Lipinski definition) is 2. The summed E-state index contributed by atoms with van der Waals surface area (Å²) in [6, 6.07) is 5.43. The van der Waals surface area contributed by atoms with Crippen LogP contribution >= 0.6 is 0 Å². The fourth-order valence-corrected chi connectivity index (χ4v) is 1.79. The fourth-order valence-electron chi connectivity index (χ4n) is 1.79. The van der Waals surface area contributed by atoms with Crippen LogP contribution in [-0.2, 0) is 0 Å². The molecule has 0 saturated heterocycles. The number of fused-ring (bicyclic) bond motifs is 1. The zero-order chi connectivity index (χ0) is 13.1. The van der Waals surface area contributed by atoms with E-state index in [2.05, 4.69) is 24.1 Å². The van der Waals surface area contributed by atoms with Crippen molar-refractivity contribution >= 4 is 23.1 Å². The van der Waals surface area contributed by atoms with Gasteiger partial charge >= 0.3 is 5.97 Å². The van der Waals surface area contributed by atoms with Gasteiger partial charge in [-0.05, 0) is 31.0 Å². The zero-order valence-corrected chi connectivity index (χ0v) is 10.4.